The van der Waals surface area contributed by atoms with E-state index in [4.69, 9.17) is 40.0 Å². The van der Waals surface area contributed by atoms with Gasteiger partial charge in [-0.3, -0.25) is 10.2 Å². The number of nitrogens with one attached hydrogen (secondary N) is 5. The molecule has 1 aliphatic carbocycles. The molecule has 36 nitrogen and oxygen atoms in total. The number of unbranched alkanes of at least 4 members (excludes halogenated alkanes) is 10. The molecule has 5 aromatic heterocycles. The number of hydrogen-bond donors (Lipinski definition) is 5. The molecule has 1 amide bonds. The van der Waals surface area contributed by atoms with E-state index in [-0.39, 0.29) is 122 Å². The van der Waals surface area contributed by atoms with Crippen LogP contribution in [0.1, 0.15) is 282 Å². The summed E-state index contributed by atoms with van der Waals surface area (Å²) in [6, 6.07) is 19.2. The van der Waals surface area contributed by atoms with Crippen molar-refractivity contribution in [2.75, 3.05) is 54.8 Å². The summed E-state index contributed by atoms with van der Waals surface area (Å²) in [4.78, 5) is 73.2. The summed E-state index contributed by atoms with van der Waals surface area (Å²) >= 11 is 9.11. The summed E-state index contributed by atoms with van der Waals surface area (Å²) in [5, 5.41) is 26.0. The van der Waals surface area contributed by atoms with Gasteiger partial charge in [0.25, 0.3) is 46.0 Å². The predicted octanol–water partition coefficient (Wildman–Crippen LogP) is 20.5. The summed E-state index contributed by atoms with van der Waals surface area (Å²) in [5.41, 5.74) is 4.93. The van der Waals surface area contributed by atoms with Gasteiger partial charge in [0.2, 0.25) is 5.95 Å². The monoisotopic (exact) mass is 2080 g/mol. The lowest BCUT2D eigenvalue weighted by Crippen LogP contribution is -2.49. The molecule has 11 heterocycles. The van der Waals surface area contributed by atoms with Crippen molar-refractivity contribution in [2.24, 2.45) is 68.3 Å². The van der Waals surface area contributed by atoms with Crippen LogP contribution in [0.5, 0.6) is 17.2 Å². The summed E-state index contributed by atoms with van der Waals surface area (Å²) in [6.45, 7) is 41.2. The average Bonchev–Trinajstić information content (AvgIpc) is 1.56. The Morgan fingerprint density at radius 3 is 1.57 bits per heavy atom. The summed E-state index contributed by atoms with van der Waals surface area (Å²) in [6.07, 6.45) is 22.8. The predicted molar refractivity (Wildman–Crippen MR) is 547 cm³/mol. The van der Waals surface area contributed by atoms with Gasteiger partial charge in [-0.1, -0.05) is 248 Å². The number of halogens is 1. The molecule has 141 heavy (non-hydrogen) atoms. The van der Waals surface area contributed by atoms with Gasteiger partial charge >= 0.3 is 17.9 Å². The highest BCUT2D eigenvalue weighted by Gasteiger charge is 2.50. The van der Waals surface area contributed by atoms with Crippen molar-refractivity contribution in [3.63, 3.8) is 0 Å². The lowest BCUT2D eigenvalue weighted by atomic mass is 9.59. The molecule has 16 rings (SSSR count). The van der Waals surface area contributed by atoms with Crippen molar-refractivity contribution in [3.8, 4) is 23.2 Å². The van der Waals surface area contributed by atoms with Crippen molar-refractivity contribution < 1.29 is 81.3 Å². The number of fused-ring (bicyclic) bond motifs is 8. The maximum absolute atomic E-state index is 14.2. The lowest BCUT2D eigenvalue weighted by Gasteiger charge is -2.50. The van der Waals surface area contributed by atoms with Crippen molar-refractivity contribution in [1.82, 2.24) is 56.2 Å². The van der Waals surface area contributed by atoms with Crippen LogP contribution < -0.4 is 40.9 Å². The van der Waals surface area contributed by atoms with Gasteiger partial charge < -0.3 is 49.7 Å². The largest absolute Gasteiger partial charge is 0.493 e. The number of benzene rings is 4. The fourth-order valence-electron chi connectivity index (χ4n) is 17.3. The minimum atomic E-state index is -4.36. The molecule has 5 unspecified atom stereocenters. The zero-order valence-electron chi connectivity index (χ0n) is 83.9. The Hall–Kier alpha value is -10.5. The molecule has 1 fully saturated rings. The standard InChI is InChI=1S/C30H39ClN6O6S.C28H40N4O4S2.C22H31N3O5S.C18H23N5O3S2/c1-15-12-18(29(3,4)5)24(19(13-15)30(6,7)8)43-27(39)23-25-32-20-11-10-17(31)14-21(20)44(40,41)37(25)28(33-23)36-16(2)22(34-35-36)26(38)42-9;1-4-5-6-7-8-9-10-11-12-13-14-23-27(33)31-28(37-23)25-26-30-22-16-15-21(36-18-20(2)3)17-24(22)38(34,35)32(26)19-29-25;1-5-7-8-16(6-2)13-29-17-9-10-19-18(11-17)24-21-20(22(26)30-12-15(3)4)23-14-25(21)31(19,27)28;1-10(2)8-26-12-5-6-13-14(7-12)28(24,25)23-9-19-15(16(23)20-13)18-22-21-17(27-18)11(3)4/h10-11,14-15,18-19,24,32H,12-13H2,1-9H3;15-17,19-20,23,30H,4-14,18H2,1-3H3;9-11,14-16,24H,5-8,12-13H2,1-4H3;5-7,9-11,17,20-21H,8H2,1-4H3. The molecule has 0 radical (unpaired) electrons. The Labute approximate surface area is 841 Å². The molecule has 6 aliphatic heterocycles. The molecule has 766 valence electrons. The summed E-state index contributed by atoms with van der Waals surface area (Å²) in [7, 11) is -14.7. The van der Waals surface area contributed by atoms with Gasteiger partial charge in [0.1, 0.15) is 83.4 Å². The highest BCUT2D eigenvalue weighted by molar-refractivity contribution is 8.16. The summed E-state index contributed by atoms with van der Waals surface area (Å²) < 4.78 is 146. The van der Waals surface area contributed by atoms with E-state index in [1.165, 1.54) is 118 Å². The second kappa shape index (κ2) is 45.2. The average molecular weight is 2080 g/mol. The van der Waals surface area contributed by atoms with Gasteiger partial charge in [-0.25, -0.2) is 84.9 Å². The lowest BCUT2D eigenvalue weighted by molar-refractivity contribution is -0.117. The fourth-order valence-corrected chi connectivity index (χ4v) is 25.4. The molecular weight excluding hydrogens is 1950 g/mol. The third kappa shape index (κ3) is 24.3. The molecule has 0 spiro atoms. The Balaban J connectivity index is 0.000000160. The number of nitrogens with zero attached hydrogens (tertiary/aromatic N) is 13. The van der Waals surface area contributed by atoms with E-state index in [0.29, 0.717) is 117 Å². The van der Waals surface area contributed by atoms with Crippen LogP contribution in [0, 0.1) is 65.1 Å². The van der Waals surface area contributed by atoms with Crippen molar-refractivity contribution in [2.45, 2.75) is 277 Å². The SMILES string of the molecule is CC(C)COc1ccc2c(c1)S(=O)(=O)n1cnc(C3=NNC(C(C)C)S3)c1N2.CCCCC(CC)COc1ccc2c(c1)Nc1c(C(=O)OCC(C)C)ncn1S2(=O)=O.CCCCCCCCCCCCC1SC(c2ncn3c2Nc2ccc(OCC(C)C)cc2S3(=O)=O)=NC1=O.COC(=O)c1nnn(-c2nc(C(=O)OC3C(C(C)(C)C)CC(C)CC3C(C)(C)C)c3n2S(=O)(=O)c2cc(Cl)ccc2N3)c1C. The number of methoxy groups -OCH3 is 1. The van der Waals surface area contributed by atoms with E-state index in [1.54, 1.807) is 60.3 Å². The van der Waals surface area contributed by atoms with Crippen LogP contribution >= 0.6 is 35.1 Å². The zero-order valence-corrected chi connectivity index (χ0v) is 89.5. The number of carbonyl (C=O) groups is 4. The number of carbonyl (C=O) groups excluding carboxylic acids is 4. The van der Waals surface area contributed by atoms with Crippen molar-refractivity contribution in [1.29, 1.82) is 0 Å². The first kappa shape index (κ1) is 108. The number of thioether (sulfide) groups is 2. The second-order valence-corrected chi connectivity index (χ2v) is 50.2. The molecule has 0 bridgehead atoms. The molecule has 5 N–H and O–H groups in total. The minimum absolute atomic E-state index is 0.0528. The molecular formula is C98H133ClN18O18S6. The second-order valence-electron chi connectivity index (χ2n) is 40.3. The molecule has 9 aromatic rings. The number of imidazole rings is 4. The molecule has 43 heteroatoms. The van der Waals surface area contributed by atoms with Crippen LogP contribution in [0.15, 0.2) is 121 Å². The van der Waals surface area contributed by atoms with E-state index in [2.05, 4.69) is 150 Å². The maximum atomic E-state index is 14.2. The Kier molecular flexibility index (Phi) is 34.5. The normalized spacial score (nSPS) is 19.1. The number of esters is 3. The Morgan fingerprint density at radius 1 is 0.532 bits per heavy atom. The number of amides is 1. The van der Waals surface area contributed by atoms with E-state index >= 15 is 0 Å². The quantitative estimate of drug-likeness (QED) is 0.0142. The molecule has 4 aromatic carbocycles. The van der Waals surface area contributed by atoms with Crippen molar-refractivity contribution in [3.05, 3.63) is 131 Å². The number of rotatable bonds is 34. The number of anilines is 8. The van der Waals surface area contributed by atoms with Crippen LogP contribution in [0.3, 0.4) is 0 Å². The Morgan fingerprint density at radius 2 is 1.03 bits per heavy atom. The number of ether oxygens (including phenoxy) is 6. The van der Waals surface area contributed by atoms with Crippen LogP contribution in [0.2, 0.25) is 5.02 Å². The first-order chi connectivity index (χ1) is 66.7. The third-order valence-electron chi connectivity index (χ3n) is 25.2. The molecule has 5 atom stereocenters. The minimum Gasteiger partial charge on any atom is -0.493 e. The van der Waals surface area contributed by atoms with Gasteiger partial charge in [-0.15, -0.1) is 5.10 Å². The van der Waals surface area contributed by atoms with E-state index in [1.807, 2.05) is 41.5 Å². The summed E-state index contributed by atoms with van der Waals surface area (Å²) in [5.74, 6) is 1.88. The van der Waals surface area contributed by atoms with Crippen molar-refractivity contribution >= 4 is 155 Å². The van der Waals surface area contributed by atoms with Crippen LogP contribution in [-0.2, 0) is 59.1 Å². The number of hydrogen-bond acceptors (Lipinski definition) is 32. The van der Waals surface area contributed by atoms with Crippen LogP contribution in [0.25, 0.3) is 5.95 Å². The smallest absolute Gasteiger partial charge is 0.361 e. The van der Waals surface area contributed by atoms with Gasteiger partial charge in [-0.05, 0) is 134 Å². The topological polar surface area (TPSA) is 447 Å². The molecule has 0 saturated heterocycles. The number of hydrazone groups is 1. The third-order valence-corrected chi connectivity index (χ3v) is 34.9. The van der Waals surface area contributed by atoms with Crippen LogP contribution in [0.4, 0.5) is 46.0 Å². The highest BCUT2D eigenvalue weighted by atomic mass is 35.5. The van der Waals surface area contributed by atoms with E-state index in [0.717, 1.165) is 80.7 Å². The van der Waals surface area contributed by atoms with Gasteiger partial charge in [-0.2, -0.15) is 13.8 Å². The van der Waals surface area contributed by atoms with Gasteiger partial charge in [0.05, 0.1) is 72.6 Å². The Bertz CT molecular complexity index is 6600. The maximum Gasteiger partial charge on any atom is 0.361 e. The van der Waals surface area contributed by atoms with Gasteiger partial charge in [0.15, 0.2) is 40.4 Å². The molecule has 1 saturated carbocycles. The van der Waals surface area contributed by atoms with E-state index < -0.39 is 64.1 Å². The highest BCUT2D eigenvalue weighted by Crippen LogP contribution is 2.52. The zero-order chi connectivity index (χ0) is 102. The number of aromatic nitrogens is 11. The first-order valence-corrected chi connectivity index (χ1v) is 56.4. The van der Waals surface area contributed by atoms with E-state index in [9.17, 15) is 52.8 Å². The fraction of sp³-hybridized carbons (Fsp3) is 0.551. The molecule has 7 aliphatic rings. The van der Waals surface area contributed by atoms with Gasteiger partial charge in [0, 0.05) is 35.1 Å². The number of aliphatic imine (C=N–C) groups is 1. The first-order valence-electron chi connectivity index (χ1n) is 48.5. The van der Waals surface area contributed by atoms with Crippen LogP contribution in [-0.4, -0.2) is 169 Å².